The summed E-state index contributed by atoms with van der Waals surface area (Å²) in [5, 5.41) is 7.77. The second-order valence-electron chi connectivity index (χ2n) is 6.87. The number of amides is 1. The Bertz CT molecular complexity index is 579. The van der Waals surface area contributed by atoms with Gasteiger partial charge in [-0.3, -0.25) is 9.69 Å². The number of hydrogen-bond acceptors (Lipinski definition) is 3. The third-order valence-electron chi connectivity index (χ3n) is 4.95. The molecule has 0 spiro atoms. The van der Waals surface area contributed by atoms with E-state index in [1.54, 1.807) is 6.07 Å². The lowest BCUT2D eigenvalue weighted by molar-refractivity contribution is -0.123. The van der Waals surface area contributed by atoms with Gasteiger partial charge >= 0.3 is 0 Å². The summed E-state index contributed by atoms with van der Waals surface area (Å²) >= 11 is 12.2. The molecule has 1 amide bonds. The second-order valence-corrected chi connectivity index (χ2v) is 7.72. The molecule has 0 aliphatic carbocycles. The fraction of sp³-hybridized carbons (Fsp3) is 0.611. The predicted octanol–water partition coefficient (Wildman–Crippen LogP) is 3.50. The van der Waals surface area contributed by atoms with E-state index in [4.69, 9.17) is 23.2 Å². The first-order valence-electron chi connectivity index (χ1n) is 8.79. The van der Waals surface area contributed by atoms with Crippen LogP contribution in [0.5, 0.6) is 0 Å². The zero-order valence-corrected chi connectivity index (χ0v) is 16.6. The normalized spacial score (nSPS) is 23.9. The van der Waals surface area contributed by atoms with E-state index in [2.05, 4.69) is 15.5 Å². The number of carbonyl (C=O) groups is 1. The number of piperidine rings is 1. The van der Waals surface area contributed by atoms with Crippen LogP contribution in [-0.4, -0.2) is 43.0 Å². The molecule has 7 heteroatoms. The third-order valence-corrected chi connectivity index (χ3v) is 5.54. The van der Waals surface area contributed by atoms with E-state index < -0.39 is 0 Å². The second kappa shape index (κ2) is 9.98. The lowest BCUT2D eigenvalue weighted by Crippen LogP contribution is -2.45. The highest BCUT2D eigenvalue weighted by Crippen LogP contribution is 2.24. The average molecular weight is 407 g/mol. The van der Waals surface area contributed by atoms with Crippen LogP contribution in [0.15, 0.2) is 18.2 Å². The molecule has 2 atom stereocenters. The highest BCUT2D eigenvalue weighted by Gasteiger charge is 2.24. The molecule has 2 saturated heterocycles. The Hall–Kier alpha value is -0.520. The van der Waals surface area contributed by atoms with Gasteiger partial charge in [-0.1, -0.05) is 29.3 Å². The minimum absolute atomic E-state index is 0. The number of hydrogen-bond donors (Lipinski definition) is 2. The number of rotatable bonds is 5. The molecule has 0 aromatic heterocycles. The summed E-state index contributed by atoms with van der Waals surface area (Å²) in [5.41, 5.74) is 1.11. The lowest BCUT2D eigenvalue weighted by atomic mass is 9.97. The van der Waals surface area contributed by atoms with Crippen LogP contribution in [0, 0.1) is 5.92 Å². The van der Waals surface area contributed by atoms with E-state index in [-0.39, 0.29) is 24.4 Å². The minimum atomic E-state index is 0. The van der Waals surface area contributed by atoms with E-state index in [1.807, 2.05) is 12.1 Å². The van der Waals surface area contributed by atoms with Crippen molar-refractivity contribution in [1.29, 1.82) is 0 Å². The molecule has 4 nitrogen and oxygen atoms in total. The smallest absolute Gasteiger partial charge is 0.237 e. The highest BCUT2D eigenvalue weighted by atomic mass is 35.5. The van der Waals surface area contributed by atoms with Gasteiger partial charge in [-0.15, -0.1) is 12.4 Å². The van der Waals surface area contributed by atoms with Crippen molar-refractivity contribution in [1.82, 2.24) is 15.5 Å². The predicted molar refractivity (Wildman–Crippen MR) is 106 cm³/mol. The van der Waals surface area contributed by atoms with E-state index in [9.17, 15) is 4.79 Å². The van der Waals surface area contributed by atoms with Gasteiger partial charge in [-0.05, 0) is 62.4 Å². The van der Waals surface area contributed by atoms with Gasteiger partial charge in [-0.25, -0.2) is 0 Å². The maximum atomic E-state index is 12.1. The molecule has 2 N–H and O–H groups in total. The Balaban J connectivity index is 0.00000225. The first kappa shape index (κ1) is 20.8. The van der Waals surface area contributed by atoms with Crippen LogP contribution < -0.4 is 10.6 Å². The zero-order valence-electron chi connectivity index (χ0n) is 14.3. The Kier molecular flexibility index (Phi) is 8.30. The summed E-state index contributed by atoms with van der Waals surface area (Å²) in [6.07, 6.45) is 4.38. The van der Waals surface area contributed by atoms with Crippen LogP contribution in [0.4, 0.5) is 0 Å². The first-order valence-corrected chi connectivity index (χ1v) is 9.55. The van der Waals surface area contributed by atoms with E-state index in [1.165, 1.54) is 6.42 Å². The summed E-state index contributed by atoms with van der Waals surface area (Å²) in [6, 6.07) is 5.70. The van der Waals surface area contributed by atoms with Crippen molar-refractivity contribution < 1.29 is 4.79 Å². The van der Waals surface area contributed by atoms with Gasteiger partial charge < -0.3 is 10.6 Å². The van der Waals surface area contributed by atoms with Crippen LogP contribution in [0.1, 0.15) is 31.2 Å². The molecule has 3 rings (SSSR count). The number of halogens is 3. The summed E-state index contributed by atoms with van der Waals surface area (Å²) in [5.74, 6) is 0.667. The molecular weight excluding hydrogens is 381 g/mol. The molecule has 0 radical (unpaired) electrons. The van der Waals surface area contributed by atoms with Gasteiger partial charge in [0.15, 0.2) is 0 Å². The molecule has 25 heavy (non-hydrogen) atoms. The van der Waals surface area contributed by atoms with Crippen LogP contribution in [0.25, 0.3) is 0 Å². The van der Waals surface area contributed by atoms with Crippen molar-refractivity contribution >= 4 is 41.5 Å². The van der Waals surface area contributed by atoms with Crippen LogP contribution in [-0.2, 0) is 11.3 Å². The van der Waals surface area contributed by atoms with Gasteiger partial charge in [0.05, 0.1) is 6.04 Å². The Labute approximate surface area is 166 Å². The lowest BCUT2D eigenvalue weighted by Gasteiger charge is -2.33. The summed E-state index contributed by atoms with van der Waals surface area (Å²) in [6.45, 7) is 4.63. The van der Waals surface area contributed by atoms with Crippen LogP contribution >= 0.6 is 35.6 Å². The Morgan fingerprint density at radius 2 is 2.12 bits per heavy atom. The molecule has 1 aromatic carbocycles. The number of carbonyl (C=O) groups excluding carboxylic acids is 1. The molecule has 0 bridgehead atoms. The van der Waals surface area contributed by atoms with Gasteiger partial charge in [0.25, 0.3) is 0 Å². The third kappa shape index (κ3) is 6.00. The Morgan fingerprint density at radius 3 is 2.84 bits per heavy atom. The molecule has 2 aliphatic heterocycles. The molecule has 0 saturated carbocycles. The van der Waals surface area contributed by atoms with Crippen molar-refractivity contribution in [3.8, 4) is 0 Å². The first-order chi connectivity index (χ1) is 11.6. The fourth-order valence-corrected chi connectivity index (χ4v) is 4.10. The molecule has 1 aromatic rings. The fourth-order valence-electron chi connectivity index (χ4n) is 3.63. The SMILES string of the molecule is Cl.O=C(NCC1CCCN(Cc2ccc(Cl)cc2Cl)C1)C1CCCN1. The summed E-state index contributed by atoms with van der Waals surface area (Å²) in [7, 11) is 0. The largest absolute Gasteiger partial charge is 0.354 e. The molecule has 140 valence electrons. The van der Waals surface area contributed by atoms with Crippen molar-refractivity contribution in [2.45, 2.75) is 38.3 Å². The zero-order chi connectivity index (χ0) is 16.9. The van der Waals surface area contributed by atoms with Crippen molar-refractivity contribution in [2.75, 3.05) is 26.2 Å². The standard InChI is InChI=1S/C18H25Cl2N3O.ClH/c19-15-6-5-14(16(20)9-15)12-23-8-2-3-13(11-23)10-22-18(24)17-4-1-7-21-17;/h5-6,9,13,17,21H,1-4,7-8,10-12H2,(H,22,24);1H. The highest BCUT2D eigenvalue weighted by molar-refractivity contribution is 6.35. The van der Waals surface area contributed by atoms with E-state index in [0.29, 0.717) is 10.9 Å². The Morgan fingerprint density at radius 1 is 1.28 bits per heavy atom. The van der Waals surface area contributed by atoms with Gasteiger partial charge in [0.1, 0.15) is 0 Å². The van der Waals surface area contributed by atoms with Gasteiger partial charge in [-0.2, -0.15) is 0 Å². The summed E-state index contributed by atoms with van der Waals surface area (Å²) < 4.78 is 0. The van der Waals surface area contributed by atoms with Crippen molar-refractivity contribution in [2.24, 2.45) is 5.92 Å². The molecule has 2 unspecified atom stereocenters. The van der Waals surface area contributed by atoms with Crippen LogP contribution in [0.2, 0.25) is 10.0 Å². The summed E-state index contributed by atoms with van der Waals surface area (Å²) in [4.78, 5) is 14.5. The van der Waals surface area contributed by atoms with Crippen molar-refractivity contribution in [3.05, 3.63) is 33.8 Å². The number of likely N-dealkylation sites (tertiary alicyclic amines) is 1. The number of nitrogens with zero attached hydrogens (tertiary/aromatic N) is 1. The molecule has 2 aliphatic rings. The molecule has 2 fully saturated rings. The van der Waals surface area contributed by atoms with Gasteiger partial charge in [0, 0.05) is 29.7 Å². The monoisotopic (exact) mass is 405 g/mol. The number of benzene rings is 1. The van der Waals surface area contributed by atoms with E-state index in [0.717, 1.165) is 62.6 Å². The quantitative estimate of drug-likeness (QED) is 0.786. The average Bonchev–Trinajstić information content (AvgIpc) is 3.10. The minimum Gasteiger partial charge on any atom is -0.354 e. The van der Waals surface area contributed by atoms with Crippen molar-refractivity contribution in [3.63, 3.8) is 0 Å². The molecule has 2 heterocycles. The molecular formula is C18H26Cl3N3O. The maximum Gasteiger partial charge on any atom is 0.237 e. The van der Waals surface area contributed by atoms with Crippen LogP contribution in [0.3, 0.4) is 0 Å². The topological polar surface area (TPSA) is 44.4 Å². The number of nitrogens with one attached hydrogen (secondary N) is 2. The maximum absolute atomic E-state index is 12.1. The van der Waals surface area contributed by atoms with E-state index >= 15 is 0 Å². The van der Waals surface area contributed by atoms with Gasteiger partial charge in [0.2, 0.25) is 5.91 Å².